The molecular formula is C20H24O2Si. The van der Waals surface area contributed by atoms with E-state index in [0.717, 1.165) is 0 Å². The van der Waals surface area contributed by atoms with Crippen LogP contribution < -0.4 is 10.4 Å². The van der Waals surface area contributed by atoms with Crippen molar-refractivity contribution in [3.05, 3.63) is 72.4 Å². The summed E-state index contributed by atoms with van der Waals surface area (Å²) in [5.41, 5.74) is 2.11. The van der Waals surface area contributed by atoms with Gasteiger partial charge in [-0.15, -0.1) is 0 Å². The van der Waals surface area contributed by atoms with E-state index >= 15 is 0 Å². The molecule has 2 aromatic rings. The summed E-state index contributed by atoms with van der Waals surface area (Å²) in [5, 5.41) is 2.58. The van der Waals surface area contributed by atoms with E-state index in [1.807, 2.05) is 12.1 Å². The van der Waals surface area contributed by atoms with E-state index in [1.165, 1.54) is 17.5 Å². The summed E-state index contributed by atoms with van der Waals surface area (Å²) in [6.07, 6.45) is 1.59. The quantitative estimate of drug-likeness (QED) is 0.490. The lowest BCUT2D eigenvalue weighted by Gasteiger charge is -2.41. The number of carbonyl (C=O) groups excluding carboxylic acids is 1. The van der Waals surface area contributed by atoms with Crippen LogP contribution in [0.2, 0.25) is 5.04 Å². The first-order valence-electron chi connectivity index (χ1n) is 7.80. The van der Waals surface area contributed by atoms with Gasteiger partial charge in [-0.25, -0.2) is 4.79 Å². The van der Waals surface area contributed by atoms with Gasteiger partial charge in [0.25, 0.3) is 0 Å². The van der Waals surface area contributed by atoms with Gasteiger partial charge < -0.3 is 4.74 Å². The van der Waals surface area contributed by atoms with E-state index in [9.17, 15) is 4.79 Å². The zero-order valence-corrected chi connectivity index (χ0v) is 15.2. The third-order valence-electron chi connectivity index (χ3n) is 4.31. The molecule has 3 heteroatoms. The summed E-state index contributed by atoms with van der Waals surface area (Å²) >= 11 is 0. The molecule has 0 heterocycles. The predicted octanol–water partition coefficient (Wildman–Crippen LogP) is 3.32. The molecule has 120 valence electrons. The lowest BCUT2D eigenvalue weighted by molar-refractivity contribution is -0.134. The molecule has 2 rings (SSSR count). The maximum atomic E-state index is 11.8. The number of carbonyl (C=O) groups is 1. The normalized spacial score (nSPS) is 12.3. The first-order chi connectivity index (χ1) is 10.9. The van der Waals surface area contributed by atoms with Crippen LogP contribution in [0.25, 0.3) is 0 Å². The van der Waals surface area contributed by atoms with Gasteiger partial charge in [-0.05, 0) is 15.4 Å². The van der Waals surface area contributed by atoms with Gasteiger partial charge in [-0.1, -0.05) is 87.1 Å². The Labute approximate surface area is 139 Å². The molecule has 2 nitrogen and oxygen atoms in total. The number of esters is 1. The molecule has 0 bridgehead atoms. The van der Waals surface area contributed by atoms with Crippen LogP contribution in [-0.2, 0) is 9.53 Å². The molecule has 0 N–H and O–H groups in total. The molecule has 0 saturated carbocycles. The molecule has 0 saturated heterocycles. The third kappa shape index (κ3) is 3.45. The summed E-state index contributed by atoms with van der Waals surface area (Å²) in [5.74, 6) is -0.307. The van der Waals surface area contributed by atoms with Crippen molar-refractivity contribution in [3.8, 4) is 0 Å². The SMILES string of the molecule is COC(=O)/C=C/[Si](c1ccccc1)(c1ccccc1)C(C)(C)C. The largest absolute Gasteiger partial charge is 0.466 e. The average Bonchev–Trinajstić information content (AvgIpc) is 2.56. The fraction of sp³-hybridized carbons (Fsp3) is 0.250. The van der Waals surface area contributed by atoms with Crippen molar-refractivity contribution in [3.63, 3.8) is 0 Å². The van der Waals surface area contributed by atoms with Crippen molar-refractivity contribution in [1.82, 2.24) is 0 Å². The first-order valence-corrected chi connectivity index (χ1v) is 9.88. The van der Waals surface area contributed by atoms with Crippen molar-refractivity contribution in [1.29, 1.82) is 0 Å². The number of hydrogen-bond donors (Lipinski definition) is 0. The molecule has 0 amide bonds. The van der Waals surface area contributed by atoms with Crippen LogP contribution in [-0.4, -0.2) is 21.2 Å². The van der Waals surface area contributed by atoms with E-state index < -0.39 is 8.07 Å². The van der Waals surface area contributed by atoms with Crippen LogP contribution in [0.3, 0.4) is 0 Å². The maximum absolute atomic E-state index is 11.8. The minimum absolute atomic E-state index is 0.000226. The zero-order valence-electron chi connectivity index (χ0n) is 14.2. The standard InChI is InChI=1S/C20H24O2Si/c1-20(2,3)23(16-15-19(21)22-4,17-11-7-5-8-12-17)18-13-9-6-10-14-18/h5-16H,1-4H3/b16-15+. The Morgan fingerprint density at radius 2 is 1.35 bits per heavy atom. The Morgan fingerprint density at radius 1 is 0.913 bits per heavy atom. The second-order valence-corrected chi connectivity index (χ2v) is 11.3. The average molecular weight is 324 g/mol. The van der Waals surface area contributed by atoms with Crippen LogP contribution in [0.15, 0.2) is 72.4 Å². The Hall–Kier alpha value is -2.13. The fourth-order valence-corrected chi connectivity index (χ4v) is 7.91. The highest BCUT2D eigenvalue weighted by molar-refractivity contribution is 7.07. The lowest BCUT2D eigenvalue weighted by atomic mass is 10.2. The highest BCUT2D eigenvalue weighted by Crippen LogP contribution is 2.36. The van der Waals surface area contributed by atoms with Crippen molar-refractivity contribution in [2.45, 2.75) is 25.8 Å². The topological polar surface area (TPSA) is 26.3 Å². The highest BCUT2D eigenvalue weighted by atomic mass is 28.3. The number of methoxy groups -OCH3 is 1. The first kappa shape index (κ1) is 17.2. The predicted molar refractivity (Wildman–Crippen MR) is 98.8 cm³/mol. The molecule has 23 heavy (non-hydrogen) atoms. The Bertz CT molecular complexity index is 630. The fourth-order valence-electron chi connectivity index (χ4n) is 3.14. The number of ether oxygens (including phenoxy) is 1. The molecule has 0 aromatic heterocycles. The van der Waals surface area contributed by atoms with E-state index in [0.29, 0.717) is 0 Å². The van der Waals surface area contributed by atoms with Gasteiger partial charge in [-0.3, -0.25) is 0 Å². The van der Waals surface area contributed by atoms with Crippen molar-refractivity contribution < 1.29 is 9.53 Å². The molecule has 0 unspecified atom stereocenters. The monoisotopic (exact) mass is 324 g/mol. The maximum Gasteiger partial charge on any atom is 0.329 e. The second-order valence-electron chi connectivity index (χ2n) is 6.65. The molecule has 0 radical (unpaired) electrons. The highest BCUT2D eigenvalue weighted by Gasteiger charge is 2.45. The summed E-state index contributed by atoms with van der Waals surface area (Å²) in [6.45, 7) is 6.75. The molecular weight excluding hydrogens is 300 g/mol. The third-order valence-corrected chi connectivity index (χ3v) is 9.83. The van der Waals surface area contributed by atoms with Gasteiger partial charge in [0.15, 0.2) is 0 Å². The lowest BCUT2D eigenvalue weighted by Crippen LogP contribution is -2.63. The Balaban J connectivity index is 2.75. The van der Waals surface area contributed by atoms with Crippen LogP contribution in [0.1, 0.15) is 20.8 Å². The minimum Gasteiger partial charge on any atom is -0.466 e. The van der Waals surface area contributed by atoms with E-state index in [-0.39, 0.29) is 11.0 Å². The van der Waals surface area contributed by atoms with E-state index in [1.54, 1.807) is 6.08 Å². The Morgan fingerprint density at radius 3 is 1.70 bits per heavy atom. The second kappa shape index (κ2) is 6.96. The van der Waals surface area contributed by atoms with Gasteiger partial charge in [-0.2, -0.15) is 0 Å². The van der Waals surface area contributed by atoms with Crippen molar-refractivity contribution in [2.75, 3.05) is 7.11 Å². The van der Waals surface area contributed by atoms with Gasteiger partial charge in [0.05, 0.1) is 7.11 Å². The molecule has 2 aromatic carbocycles. The number of rotatable bonds is 4. The summed E-state index contributed by atoms with van der Waals surface area (Å²) < 4.78 is 4.83. The molecule has 0 aliphatic carbocycles. The van der Waals surface area contributed by atoms with Crippen molar-refractivity contribution >= 4 is 24.4 Å². The zero-order chi connectivity index (χ0) is 16.9. The van der Waals surface area contributed by atoms with Gasteiger partial charge in [0, 0.05) is 6.08 Å². The van der Waals surface area contributed by atoms with Crippen LogP contribution in [0.5, 0.6) is 0 Å². The smallest absolute Gasteiger partial charge is 0.329 e. The van der Waals surface area contributed by atoms with Gasteiger partial charge >= 0.3 is 5.97 Å². The van der Waals surface area contributed by atoms with Crippen LogP contribution in [0.4, 0.5) is 0 Å². The minimum atomic E-state index is -2.31. The molecule has 0 spiro atoms. The van der Waals surface area contributed by atoms with E-state index in [2.05, 4.69) is 75.0 Å². The summed E-state index contributed by atoms with van der Waals surface area (Å²) in [7, 11) is -0.895. The van der Waals surface area contributed by atoms with Gasteiger partial charge in [0.1, 0.15) is 8.07 Å². The Kier molecular flexibility index (Phi) is 5.22. The number of benzene rings is 2. The number of hydrogen-bond acceptors (Lipinski definition) is 2. The van der Waals surface area contributed by atoms with Crippen LogP contribution >= 0.6 is 0 Å². The molecule has 0 fully saturated rings. The van der Waals surface area contributed by atoms with Crippen molar-refractivity contribution in [2.24, 2.45) is 0 Å². The molecule has 0 atom stereocenters. The summed E-state index contributed by atoms with van der Waals surface area (Å²) in [6, 6.07) is 21.0. The van der Waals surface area contributed by atoms with Crippen LogP contribution in [0, 0.1) is 0 Å². The van der Waals surface area contributed by atoms with Gasteiger partial charge in [0.2, 0.25) is 0 Å². The summed E-state index contributed by atoms with van der Waals surface area (Å²) in [4.78, 5) is 11.8. The van der Waals surface area contributed by atoms with E-state index in [4.69, 9.17) is 4.74 Å². The molecule has 0 aliphatic rings. The molecule has 0 aliphatic heterocycles.